The number of hydrogen-bond acceptors (Lipinski definition) is 9. The standard InChI is InChI=1S/C30H22O9/c31-17-6-1-15(2-7-17)3-12-21(34)25-23(36)14-24(37)26-27(28(38)20-11-10-19(33)13-22(20)35)29(39-30(25)26)16-4-8-18(32)9-5-16/h1-14,27,29,31-33,35-37H/t27-,29+/m0/s1. The molecule has 0 fully saturated rings. The normalized spacial score (nSPS) is 16.1. The zero-order valence-electron chi connectivity index (χ0n) is 20.1. The zero-order valence-corrected chi connectivity index (χ0v) is 20.1. The molecule has 0 aromatic heterocycles. The van der Waals surface area contributed by atoms with Crippen molar-refractivity contribution in [1.29, 1.82) is 0 Å². The fourth-order valence-electron chi connectivity index (χ4n) is 4.58. The van der Waals surface area contributed by atoms with Gasteiger partial charge in [0.25, 0.3) is 0 Å². The van der Waals surface area contributed by atoms with E-state index in [-0.39, 0.29) is 39.7 Å². The van der Waals surface area contributed by atoms with Gasteiger partial charge in [-0.3, -0.25) is 9.59 Å². The summed E-state index contributed by atoms with van der Waals surface area (Å²) in [6.07, 6.45) is 1.53. The summed E-state index contributed by atoms with van der Waals surface area (Å²) in [5.74, 6) is -4.65. The van der Waals surface area contributed by atoms with Crippen LogP contribution in [0.5, 0.6) is 40.2 Å². The van der Waals surface area contributed by atoms with Crippen molar-refractivity contribution in [3.63, 3.8) is 0 Å². The van der Waals surface area contributed by atoms with Crippen molar-refractivity contribution < 1.29 is 45.0 Å². The summed E-state index contributed by atoms with van der Waals surface area (Å²) in [5, 5.41) is 60.8. The lowest BCUT2D eigenvalue weighted by Crippen LogP contribution is -2.19. The third kappa shape index (κ3) is 4.69. The number of carbonyl (C=O) groups is 2. The van der Waals surface area contributed by atoms with E-state index in [1.807, 2.05) is 0 Å². The Hall–Kier alpha value is -5.44. The van der Waals surface area contributed by atoms with Crippen molar-refractivity contribution in [1.82, 2.24) is 0 Å². The van der Waals surface area contributed by atoms with Crippen molar-refractivity contribution in [2.45, 2.75) is 12.0 Å². The molecule has 196 valence electrons. The summed E-state index contributed by atoms with van der Waals surface area (Å²) < 4.78 is 6.09. The molecular weight excluding hydrogens is 504 g/mol. The number of phenolic OH excluding ortho intramolecular Hbond substituents is 6. The molecule has 0 radical (unpaired) electrons. The predicted octanol–water partition coefficient (Wildman–Crippen LogP) is 4.92. The first kappa shape index (κ1) is 25.2. The van der Waals surface area contributed by atoms with Crippen LogP contribution in [0.2, 0.25) is 0 Å². The molecule has 9 heteroatoms. The second-order valence-electron chi connectivity index (χ2n) is 9.00. The van der Waals surface area contributed by atoms with Crippen LogP contribution in [0.1, 0.15) is 49.4 Å². The second-order valence-corrected chi connectivity index (χ2v) is 9.00. The third-order valence-corrected chi connectivity index (χ3v) is 6.45. The summed E-state index contributed by atoms with van der Waals surface area (Å²) in [4.78, 5) is 27.0. The van der Waals surface area contributed by atoms with E-state index < -0.39 is 40.8 Å². The molecule has 0 bridgehead atoms. The van der Waals surface area contributed by atoms with Gasteiger partial charge in [-0.2, -0.15) is 0 Å². The van der Waals surface area contributed by atoms with Crippen LogP contribution in [0.25, 0.3) is 6.08 Å². The molecule has 9 nitrogen and oxygen atoms in total. The highest BCUT2D eigenvalue weighted by molar-refractivity contribution is 6.12. The Labute approximate surface area is 221 Å². The molecule has 1 aliphatic heterocycles. The van der Waals surface area contributed by atoms with Crippen LogP contribution in [-0.4, -0.2) is 42.2 Å². The first-order valence-corrected chi connectivity index (χ1v) is 11.8. The number of rotatable bonds is 6. The maximum atomic E-state index is 13.8. The average Bonchev–Trinajstić information content (AvgIpc) is 3.29. The van der Waals surface area contributed by atoms with Gasteiger partial charge in [0.05, 0.1) is 17.0 Å². The predicted molar refractivity (Wildman–Crippen MR) is 140 cm³/mol. The number of carbonyl (C=O) groups excluding carboxylic acids is 2. The maximum absolute atomic E-state index is 13.8. The lowest BCUT2D eigenvalue weighted by Gasteiger charge is -2.19. The lowest BCUT2D eigenvalue weighted by molar-refractivity contribution is 0.0891. The molecule has 0 saturated heterocycles. The van der Waals surface area contributed by atoms with Crippen LogP contribution in [0.4, 0.5) is 0 Å². The van der Waals surface area contributed by atoms with Gasteiger partial charge in [-0.15, -0.1) is 0 Å². The van der Waals surface area contributed by atoms with Gasteiger partial charge < -0.3 is 35.4 Å². The van der Waals surface area contributed by atoms with Crippen LogP contribution in [0.3, 0.4) is 0 Å². The Morgan fingerprint density at radius 1 is 0.692 bits per heavy atom. The molecule has 0 amide bonds. The van der Waals surface area contributed by atoms with E-state index in [2.05, 4.69) is 0 Å². The first-order valence-electron chi connectivity index (χ1n) is 11.8. The number of ketones is 2. The van der Waals surface area contributed by atoms with Gasteiger partial charge in [0.2, 0.25) is 0 Å². The number of benzene rings is 4. The summed E-state index contributed by atoms with van der Waals surface area (Å²) >= 11 is 0. The SMILES string of the molecule is O=C(C=Cc1ccc(O)cc1)c1c(O)cc(O)c2c1O[C@H](c1ccc(O)cc1)[C@@H]2C(=O)c1ccc(O)cc1O. The Balaban J connectivity index is 1.64. The Kier molecular flexibility index (Phi) is 6.33. The largest absolute Gasteiger partial charge is 0.508 e. The minimum atomic E-state index is -1.27. The molecule has 1 heterocycles. The van der Waals surface area contributed by atoms with Crippen LogP contribution < -0.4 is 4.74 Å². The van der Waals surface area contributed by atoms with E-state index in [9.17, 15) is 40.2 Å². The van der Waals surface area contributed by atoms with Gasteiger partial charge in [-0.05, 0) is 53.6 Å². The number of allylic oxidation sites excluding steroid dienone is 1. The first-order chi connectivity index (χ1) is 18.6. The summed E-state index contributed by atoms with van der Waals surface area (Å²) in [7, 11) is 0. The van der Waals surface area contributed by atoms with E-state index in [1.165, 1.54) is 60.7 Å². The number of fused-ring (bicyclic) bond motifs is 1. The Morgan fingerprint density at radius 3 is 1.95 bits per heavy atom. The molecule has 39 heavy (non-hydrogen) atoms. The van der Waals surface area contributed by atoms with Gasteiger partial charge in [-0.1, -0.05) is 30.3 Å². The molecule has 1 aliphatic rings. The molecule has 0 spiro atoms. The molecule has 0 unspecified atom stereocenters. The van der Waals surface area contributed by atoms with E-state index in [1.54, 1.807) is 12.1 Å². The van der Waals surface area contributed by atoms with E-state index >= 15 is 0 Å². The van der Waals surface area contributed by atoms with E-state index in [0.29, 0.717) is 11.1 Å². The van der Waals surface area contributed by atoms with Gasteiger partial charge in [0.1, 0.15) is 51.9 Å². The second kappa shape index (κ2) is 9.79. The van der Waals surface area contributed by atoms with Crippen LogP contribution in [0, 0.1) is 0 Å². The molecule has 0 aliphatic carbocycles. The number of hydrogen-bond donors (Lipinski definition) is 6. The molecule has 2 atom stereocenters. The highest BCUT2D eigenvalue weighted by Gasteiger charge is 2.46. The number of phenols is 6. The lowest BCUT2D eigenvalue weighted by atomic mass is 9.83. The van der Waals surface area contributed by atoms with Crippen molar-refractivity contribution in [2.24, 2.45) is 0 Å². The van der Waals surface area contributed by atoms with E-state index in [0.717, 1.165) is 12.1 Å². The smallest absolute Gasteiger partial charge is 0.193 e. The van der Waals surface area contributed by atoms with Crippen molar-refractivity contribution in [3.05, 3.63) is 107 Å². The number of aromatic hydroxyl groups is 6. The highest BCUT2D eigenvalue weighted by atomic mass is 16.5. The molecule has 5 rings (SSSR count). The fraction of sp³-hybridized carbons (Fsp3) is 0.0667. The van der Waals surface area contributed by atoms with Gasteiger partial charge in [0.15, 0.2) is 11.6 Å². The summed E-state index contributed by atoms with van der Waals surface area (Å²) in [6, 6.07) is 16.2. The monoisotopic (exact) mass is 526 g/mol. The molecule has 6 N–H and O–H groups in total. The van der Waals surface area contributed by atoms with Crippen molar-refractivity contribution >= 4 is 17.6 Å². The quantitative estimate of drug-likeness (QED) is 0.151. The van der Waals surface area contributed by atoms with E-state index in [4.69, 9.17) is 4.74 Å². The fourth-order valence-corrected chi connectivity index (χ4v) is 4.58. The highest BCUT2D eigenvalue weighted by Crippen LogP contribution is 2.55. The minimum absolute atomic E-state index is 0.0379. The zero-order chi connectivity index (χ0) is 27.8. The third-order valence-electron chi connectivity index (χ3n) is 6.45. The summed E-state index contributed by atoms with van der Waals surface area (Å²) in [6.45, 7) is 0. The maximum Gasteiger partial charge on any atom is 0.193 e. The molecule has 4 aromatic carbocycles. The number of ether oxygens (including phenoxy) is 1. The van der Waals surface area contributed by atoms with Crippen molar-refractivity contribution in [2.75, 3.05) is 0 Å². The molecule has 0 saturated carbocycles. The summed E-state index contributed by atoms with van der Waals surface area (Å²) in [5.41, 5.74) is 0.495. The average molecular weight is 526 g/mol. The van der Waals surface area contributed by atoms with Crippen LogP contribution >= 0.6 is 0 Å². The van der Waals surface area contributed by atoms with Crippen molar-refractivity contribution in [3.8, 4) is 40.2 Å². The van der Waals surface area contributed by atoms with Gasteiger partial charge >= 0.3 is 0 Å². The molecule has 4 aromatic rings. The number of Topliss-reactive ketones (excluding diaryl/α,β-unsaturated/α-hetero) is 1. The minimum Gasteiger partial charge on any atom is -0.508 e. The van der Waals surface area contributed by atoms with Gasteiger partial charge in [0, 0.05) is 12.1 Å². The van der Waals surface area contributed by atoms with Gasteiger partial charge in [-0.25, -0.2) is 0 Å². The van der Waals surface area contributed by atoms with Crippen LogP contribution in [-0.2, 0) is 0 Å². The topological polar surface area (TPSA) is 165 Å². The Morgan fingerprint density at radius 2 is 1.31 bits per heavy atom. The van der Waals surface area contributed by atoms with Crippen LogP contribution in [0.15, 0.2) is 78.9 Å². The Bertz CT molecular complexity index is 1620. The molecular formula is C30H22O9.